The Bertz CT molecular complexity index is 689. The Morgan fingerprint density at radius 3 is 2.37 bits per heavy atom. The first kappa shape index (κ1) is 25.6. The Labute approximate surface area is 203 Å². The lowest BCUT2D eigenvalue weighted by atomic mass is 9.74. The van der Waals surface area contributed by atoms with E-state index in [2.05, 4.69) is 46.5 Å². The summed E-state index contributed by atoms with van der Waals surface area (Å²) < 4.78 is 11.1. The number of guanidine groups is 1. The molecule has 0 unspecified atom stereocenters. The van der Waals surface area contributed by atoms with Crippen LogP contribution in [0.1, 0.15) is 32.3 Å². The van der Waals surface area contributed by atoms with Gasteiger partial charge in [0.15, 0.2) is 5.96 Å². The van der Waals surface area contributed by atoms with Crippen LogP contribution in [0, 0.1) is 0 Å². The third-order valence-corrected chi connectivity index (χ3v) is 6.60. The van der Waals surface area contributed by atoms with Crippen LogP contribution in [0.3, 0.4) is 0 Å². The van der Waals surface area contributed by atoms with Gasteiger partial charge in [-0.15, -0.1) is 24.0 Å². The Hall–Kier alpha value is -0.610. The highest BCUT2D eigenvalue weighted by atomic mass is 127. The van der Waals surface area contributed by atoms with Gasteiger partial charge in [-0.2, -0.15) is 0 Å². The number of ether oxygens (including phenoxy) is 2. The number of hydrogen-bond donors (Lipinski definition) is 2. The molecule has 0 bridgehead atoms. The molecule has 0 aliphatic carbocycles. The van der Waals surface area contributed by atoms with Crippen LogP contribution in [-0.2, 0) is 14.9 Å². The highest BCUT2D eigenvalue weighted by Gasteiger charge is 2.36. The van der Waals surface area contributed by atoms with Gasteiger partial charge in [-0.25, -0.2) is 0 Å². The highest BCUT2D eigenvalue weighted by molar-refractivity contribution is 14.0. The van der Waals surface area contributed by atoms with Crippen LogP contribution in [0.2, 0.25) is 5.02 Å². The first-order valence-corrected chi connectivity index (χ1v) is 10.9. The third-order valence-electron chi connectivity index (χ3n) is 6.27. The van der Waals surface area contributed by atoms with Crippen LogP contribution in [0.5, 0.6) is 0 Å². The molecular formula is C22H36ClIN4O2. The summed E-state index contributed by atoms with van der Waals surface area (Å²) in [6, 6.07) is 8.18. The Balaban J connectivity index is 0.00000320. The van der Waals surface area contributed by atoms with Crippen LogP contribution in [0.15, 0.2) is 29.3 Å². The SMILES string of the molecule is CN=C(NCC1(c2ccccc2Cl)CCOCC1)NCC(C)(C)N1CCOCC1.I. The first-order chi connectivity index (χ1) is 14.0. The lowest BCUT2D eigenvalue weighted by Crippen LogP contribution is -2.57. The van der Waals surface area contributed by atoms with Gasteiger partial charge in [-0.3, -0.25) is 9.89 Å². The molecule has 0 amide bonds. The molecule has 3 rings (SSSR count). The zero-order chi connectivity index (χ0) is 20.7. The van der Waals surface area contributed by atoms with Gasteiger partial charge in [-0.05, 0) is 38.3 Å². The van der Waals surface area contributed by atoms with Crippen LogP contribution < -0.4 is 10.6 Å². The second kappa shape index (κ2) is 11.9. The van der Waals surface area contributed by atoms with E-state index < -0.39 is 0 Å². The van der Waals surface area contributed by atoms with Gasteiger partial charge in [0, 0.05) is 62.4 Å². The molecule has 0 radical (unpaired) electrons. The lowest BCUT2D eigenvalue weighted by molar-refractivity contribution is -0.00835. The zero-order valence-corrected chi connectivity index (χ0v) is 21.5. The normalized spacial score (nSPS) is 20.3. The zero-order valence-electron chi connectivity index (χ0n) is 18.4. The largest absolute Gasteiger partial charge is 0.381 e. The van der Waals surface area contributed by atoms with E-state index in [1.807, 2.05) is 19.2 Å². The summed E-state index contributed by atoms with van der Waals surface area (Å²) >= 11 is 6.57. The Morgan fingerprint density at radius 2 is 1.73 bits per heavy atom. The number of hydrogen-bond acceptors (Lipinski definition) is 4. The summed E-state index contributed by atoms with van der Waals surface area (Å²) in [7, 11) is 1.82. The van der Waals surface area contributed by atoms with E-state index in [9.17, 15) is 0 Å². The maximum Gasteiger partial charge on any atom is 0.191 e. The molecule has 2 N–H and O–H groups in total. The number of halogens is 2. The number of nitrogens with one attached hydrogen (secondary N) is 2. The topological polar surface area (TPSA) is 58.1 Å². The van der Waals surface area contributed by atoms with E-state index in [0.717, 1.165) is 76.4 Å². The molecule has 1 aromatic carbocycles. The smallest absolute Gasteiger partial charge is 0.191 e. The van der Waals surface area contributed by atoms with Gasteiger partial charge < -0.3 is 20.1 Å². The van der Waals surface area contributed by atoms with Crippen molar-refractivity contribution >= 4 is 41.5 Å². The fraction of sp³-hybridized carbons (Fsp3) is 0.682. The number of nitrogens with zero attached hydrogens (tertiary/aromatic N) is 2. The van der Waals surface area contributed by atoms with Crippen molar-refractivity contribution in [3.8, 4) is 0 Å². The minimum Gasteiger partial charge on any atom is -0.381 e. The van der Waals surface area contributed by atoms with Crippen LogP contribution in [-0.4, -0.2) is 76.1 Å². The minimum atomic E-state index is -0.0477. The van der Waals surface area contributed by atoms with E-state index in [1.165, 1.54) is 5.56 Å². The van der Waals surface area contributed by atoms with Gasteiger partial charge >= 0.3 is 0 Å². The molecule has 30 heavy (non-hydrogen) atoms. The van der Waals surface area contributed by atoms with Crippen molar-refractivity contribution in [2.24, 2.45) is 4.99 Å². The summed E-state index contributed by atoms with van der Waals surface area (Å²) in [5, 5.41) is 7.91. The molecule has 2 heterocycles. The second-order valence-electron chi connectivity index (χ2n) is 8.56. The molecule has 0 spiro atoms. The molecule has 0 saturated carbocycles. The summed E-state index contributed by atoms with van der Waals surface area (Å²) in [5.41, 5.74) is 1.18. The van der Waals surface area contributed by atoms with Crippen molar-refractivity contribution in [1.29, 1.82) is 0 Å². The predicted molar refractivity (Wildman–Crippen MR) is 134 cm³/mol. The molecule has 170 valence electrons. The van der Waals surface area contributed by atoms with Crippen LogP contribution in [0.4, 0.5) is 0 Å². The molecule has 2 aliphatic rings. The fourth-order valence-electron chi connectivity index (χ4n) is 4.25. The monoisotopic (exact) mass is 550 g/mol. The predicted octanol–water partition coefficient (Wildman–Crippen LogP) is 3.28. The van der Waals surface area contributed by atoms with Gasteiger partial charge in [0.05, 0.1) is 13.2 Å². The molecule has 2 saturated heterocycles. The number of morpholine rings is 1. The van der Waals surface area contributed by atoms with Gasteiger partial charge in [0.2, 0.25) is 0 Å². The quantitative estimate of drug-likeness (QED) is 0.324. The van der Waals surface area contributed by atoms with Crippen molar-refractivity contribution in [1.82, 2.24) is 15.5 Å². The Morgan fingerprint density at radius 1 is 1.10 bits per heavy atom. The molecule has 0 aromatic heterocycles. The second-order valence-corrected chi connectivity index (χ2v) is 8.97. The van der Waals surface area contributed by atoms with Crippen molar-refractivity contribution in [2.45, 2.75) is 37.6 Å². The van der Waals surface area contributed by atoms with Gasteiger partial charge in [0.1, 0.15) is 0 Å². The summed E-state index contributed by atoms with van der Waals surface area (Å²) in [4.78, 5) is 6.93. The van der Waals surface area contributed by atoms with Crippen molar-refractivity contribution < 1.29 is 9.47 Å². The van der Waals surface area contributed by atoms with Crippen LogP contribution >= 0.6 is 35.6 Å². The molecule has 8 heteroatoms. The molecule has 2 aliphatic heterocycles. The molecule has 6 nitrogen and oxygen atoms in total. The summed E-state index contributed by atoms with van der Waals surface area (Å²) in [6.07, 6.45) is 1.89. The van der Waals surface area contributed by atoms with E-state index in [0.29, 0.717) is 0 Å². The van der Waals surface area contributed by atoms with Crippen molar-refractivity contribution in [3.63, 3.8) is 0 Å². The van der Waals surface area contributed by atoms with Gasteiger partial charge in [0.25, 0.3) is 0 Å². The first-order valence-electron chi connectivity index (χ1n) is 10.6. The molecular weight excluding hydrogens is 515 g/mol. The van der Waals surface area contributed by atoms with E-state index >= 15 is 0 Å². The average molecular weight is 551 g/mol. The molecule has 0 atom stereocenters. The number of aliphatic imine (C=N–C) groups is 1. The van der Waals surface area contributed by atoms with Crippen molar-refractivity contribution in [3.05, 3.63) is 34.9 Å². The van der Waals surface area contributed by atoms with Gasteiger partial charge in [-0.1, -0.05) is 29.8 Å². The molecule has 2 fully saturated rings. The summed E-state index contributed by atoms with van der Waals surface area (Å²) in [6.45, 7) is 11.2. The lowest BCUT2D eigenvalue weighted by Gasteiger charge is -2.41. The van der Waals surface area contributed by atoms with Crippen LogP contribution in [0.25, 0.3) is 0 Å². The fourth-order valence-corrected chi connectivity index (χ4v) is 4.58. The molecule has 1 aromatic rings. The maximum atomic E-state index is 6.57. The number of rotatable bonds is 6. The summed E-state index contributed by atoms with van der Waals surface area (Å²) in [5.74, 6) is 0.823. The minimum absolute atomic E-state index is 0. The highest BCUT2D eigenvalue weighted by Crippen LogP contribution is 2.38. The van der Waals surface area contributed by atoms with E-state index in [4.69, 9.17) is 21.1 Å². The van der Waals surface area contributed by atoms with Crippen molar-refractivity contribution in [2.75, 3.05) is 59.7 Å². The third kappa shape index (κ3) is 6.45. The van der Waals surface area contributed by atoms with E-state index in [1.54, 1.807) is 0 Å². The number of benzene rings is 1. The van der Waals surface area contributed by atoms with E-state index in [-0.39, 0.29) is 34.9 Å². The Kier molecular flexibility index (Phi) is 10.1. The standard InChI is InChI=1S/C22H35ClN4O2.HI/c1-21(2,27-10-14-29-15-11-27)16-25-20(24-3)26-17-22(8-12-28-13-9-22)18-6-4-5-7-19(18)23;/h4-7H,8-17H2,1-3H3,(H2,24,25,26);1H. The maximum absolute atomic E-state index is 6.57. The average Bonchev–Trinajstić information content (AvgIpc) is 2.75.